The van der Waals surface area contributed by atoms with Crippen molar-refractivity contribution in [2.75, 3.05) is 18.0 Å². The Labute approximate surface area is 136 Å². The molecule has 0 unspecified atom stereocenters. The molecule has 0 aliphatic carbocycles. The minimum atomic E-state index is -0.125. The van der Waals surface area contributed by atoms with Crippen LogP contribution < -0.4 is 10.2 Å². The van der Waals surface area contributed by atoms with E-state index < -0.39 is 0 Å². The third kappa shape index (κ3) is 3.31. The second kappa shape index (κ2) is 6.22. The van der Waals surface area contributed by atoms with E-state index in [4.69, 9.17) is 23.2 Å². The molecule has 0 saturated carbocycles. The second-order valence-corrected chi connectivity index (χ2v) is 6.54. The molecule has 1 saturated heterocycles. The molecular formula is C14H13Cl2N3OS. The number of carbonyl (C=O) groups excluding carboxylic acids is 1. The van der Waals surface area contributed by atoms with E-state index in [0.29, 0.717) is 15.6 Å². The van der Waals surface area contributed by atoms with Crippen molar-refractivity contribution < 1.29 is 4.79 Å². The van der Waals surface area contributed by atoms with Gasteiger partial charge < -0.3 is 10.2 Å². The zero-order chi connectivity index (χ0) is 14.8. The minimum Gasteiger partial charge on any atom is -0.347 e. The van der Waals surface area contributed by atoms with E-state index in [9.17, 15) is 4.79 Å². The fourth-order valence-electron chi connectivity index (χ4n) is 2.33. The van der Waals surface area contributed by atoms with Crippen molar-refractivity contribution in [3.63, 3.8) is 0 Å². The standard InChI is InChI=1S/C14H13Cl2N3OS/c15-11-2-1-9(7-12(11)16)13(20)18-10-3-5-19(8-10)14-17-4-6-21-14/h1-2,4,6-7,10H,3,5,8H2,(H,18,20)/t10-/m1/s1. The molecule has 1 fully saturated rings. The number of nitrogens with one attached hydrogen (secondary N) is 1. The molecule has 0 spiro atoms. The molecule has 1 aromatic heterocycles. The summed E-state index contributed by atoms with van der Waals surface area (Å²) in [7, 11) is 0. The summed E-state index contributed by atoms with van der Waals surface area (Å²) < 4.78 is 0. The average Bonchev–Trinajstić information content (AvgIpc) is 3.12. The Morgan fingerprint density at radius 2 is 2.24 bits per heavy atom. The quantitative estimate of drug-likeness (QED) is 0.929. The molecule has 1 aliphatic heterocycles. The van der Waals surface area contributed by atoms with Crippen molar-refractivity contribution in [2.45, 2.75) is 12.5 Å². The van der Waals surface area contributed by atoms with Gasteiger partial charge in [-0.25, -0.2) is 4.98 Å². The van der Waals surface area contributed by atoms with Crippen molar-refractivity contribution in [3.05, 3.63) is 45.4 Å². The molecule has 21 heavy (non-hydrogen) atoms. The van der Waals surface area contributed by atoms with Crippen LogP contribution in [-0.2, 0) is 0 Å². The van der Waals surface area contributed by atoms with Crippen LogP contribution in [0.15, 0.2) is 29.8 Å². The van der Waals surface area contributed by atoms with E-state index in [1.165, 1.54) is 0 Å². The van der Waals surface area contributed by atoms with Crippen LogP contribution in [0.2, 0.25) is 10.0 Å². The van der Waals surface area contributed by atoms with Crippen molar-refractivity contribution in [1.29, 1.82) is 0 Å². The van der Waals surface area contributed by atoms with Crippen molar-refractivity contribution in [2.24, 2.45) is 0 Å². The first kappa shape index (κ1) is 14.6. The highest BCUT2D eigenvalue weighted by Gasteiger charge is 2.25. The fraction of sp³-hybridized carbons (Fsp3) is 0.286. The molecule has 7 heteroatoms. The zero-order valence-corrected chi connectivity index (χ0v) is 13.4. The third-order valence-electron chi connectivity index (χ3n) is 3.40. The minimum absolute atomic E-state index is 0.121. The molecular weight excluding hydrogens is 329 g/mol. The molecule has 1 aliphatic rings. The number of benzene rings is 1. The lowest BCUT2D eigenvalue weighted by Gasteiger charge is -2.16. The van der Waals surface area contributed by atoms with Crippen LogP contribution in [0.5, 0.6) is 0 Å². The number of nitrogens with zero attached hydrogens (tertiary/aromatic N) is 2. The van der Waals surface area contributed by atoms with Crippen molar-refractivity contribution in [3.8, 4) is 0 Å². The maximum Gasteiger partial charge on any atom is 0.251 e. The summed E-state index contributed by atoms with van der Waals surface area (Å²) >= 11 is 13.4. The molecule has 4 nitrogen and oxygen atoms in total. The molecule has 1 atom stereocenters. The van der Waals surface area contributed by atoms with E-state index >= 15 is 0 Å². The van der Waals surface area contributed by atoms with Gasteiger partial charge in [0.05, 0.1) is 10.0 Å². The SMILES string of the molecule is O=C(N[C@@H]1CCN(c2nccs2)C1)c1ccc(Cl)c(Cl)c1. The Balaban J connectivity index is 1.62. The van der Waals surface area contributed by atoms with Crippen LogP contribution in [-0.4, -0.2) is 30.0 Å². The first-order chi connectivity index (χ1) is 10.1. The van der Waals surface area contributed by atoms with Gasteiger partial charge in [-0.2, -0.15) is 0 Å². The van der Waals surface area contributed by atoms with E-state index in [1.54, 1.807) is 35.7 Å². The maximum atomic E-state index is 12.2. The van der Waals surface area contributed by atoms with Crippen LogP contribution >= 0.6 is 34.5 Å². The van der Waals surface area contributed by atoms with E-state index in [1.807, 2.05) is 5.38 Å². The highest BCUT2D eigenvalue weighted by Crippen LogP contribution is 2.24. The molecule has 1 aromatic carbocycles. The van der Waals surface area contributed by atoms with Crippen LogP contribution in [0.4, 0.5) is 5.13 Å². The van der Waals surface area contributed by atoms with E-state index in [-0.39, 0.29) is 11.9 Å². The van der Waals surface area contributed by atoms with Gasteiger partial charge in [0.2, 0.25) is 0 Å². The summed E-state index contributed by atoms with van der Waals surface area (Å²) in [6, 6.07) is 5.02. The molecule has 0 bridgehead atoms. The highest BCUT2D eigenvalue weighted by atomic mass is 35.5. The topological polar surface area (TPSA) is 45.2 Å². The Morgan fingerprint density at radius 3 is 2.95 bits per heavy atom. The average molecular weight is 342 g/mol. The summed E-state index contributed by atoms with van der Waals surface area (Å²) in [4.78, 5) is 18.7. The Bertz CT molecular complexity index is 648. The third-order valence-corrected chi connectivity index (χ3v) is 4.97. The zero-order valence-electron chi connectivity index (χ0n) is 11.1. The first-order valence-corrected chi connectivity index (χ1v) is 8.17. The fourth-order valence-corrected chi connectivity index (χ4v) is 3.31. The van der Waals surface area contributed by atoms with Gasteiger partial charge in [0.25, 0.3) is 5.91 Å². The van der Waals surface area contributed by atoms with Crippen LogP contribution in [0.3, 0.4) is 0 Å². The molecule has 2 aromatic rings. The van der Waals surface area contributed by atoms with Gasteiger partial charge in [0.1, 0.15) is 0 Å². The number of anilines is 1. The number of hydrogen-bond donors (Lipinski definition) is 1. The number of thiazole rings is 1. The first-order valence-electron chi connectivity index (χ1n) is 6.54. The smallest absolute Gasteiger partial charge is 0.251 e. The molecule has 3 rings (SSSR count). The number of halogens is 2. The van der Waals surface area contributed by atoms with Gasteiger partial charge in [0.15, 0.2) is 5.13 Å². The van der Waals surface area contributed by atoms with Crippen molar-refractivity contribution in [1.82, 2.24) is 10.3 Å². The molecule has 0 radical (unpaired) electrons. The summed E-state index contributed by atoms with van der Waals surface area (Å²) in [5, 5.41) is 6.82. The van der Waals surface area contributed by atoms with Gasteiger partial charge in [-0.3, -0.25) is 4.79 Å². The largest absolute Gasteiger partial charge is 0.347 e. The van der Waals surface area contributed by atoms with Gasteiger partial charge in [-0.05, 0) is 24.6 Å². The van der Waals surface area contributed by atoms with Gasteiger partial charge in [-0.15, -0.1) is 11.3 Å². The number of carbonyl (C=O) groups is 1. The monoisotopic (exact) mass is 341 g/mol. The summed E-state index contributed by atoms with van der Waals surface area (Å²) in [6.07, 6.45) is 2.70. The van der Waals surface area contributed by atoms with E-state index in [2.05, 4.69) is 15.2 Å². The number of aromatic nitrogens is 1. The number of hydrogen-bond acceptors (Lipinski definition) is 4. The Morgan fingerprint density at radius 1 is 1.38 bits per heavy atom. The maximum absolute atomic E-state index is 12.2. The lowest BCUT2D eigenvalue weighted by molar-refractivity contribution is 0.0940. The Kier molecular flexibility index (Phi) is 4.33. The number of amides is 1. The molecule has 2 heterocycles. The second-order valence-electron chi connectivity index (χ2n) is 4.85. The predicted octanol–water partition coefficient (Wildman–Crippen LogP) is 3.46. The summed E-state index contributed by atoms with van der Waals surface area (Å²) in [5.41, 5.74) is 0.525. The molecule has 1 N–H and O–H groups in total. The normalized spacial score (nSPS) is 18.0. The van der Waals surface area contributed by atoms with Crippen LogP contribution in [0.1, 0.15) is 16.8 Å². The van der Waals surface area contributed by atoms with Gasteiger partial charge in [-0.1, -0.05) is 23.2 Å². The number of rotatable bonds is 3. The highest BCUT2D eigenvalue weighted by molar-refractivity contribution is 7.13. The van der Waals surface area contributed by atoms with Crippen LogP contribution in [0, 0.1) is 0 Å². The van der Waals surface area contributed by atoms with Crippen molar-refractivity contribution >= 4 is 45.6 Å². The van der Waals surface area contributed by atoms with Gasteiger partial charge >= 0.3 is 0 Å². The van der Waals surface area contributed by atoms with Crippen LogP contribution in [0.25, 0.3) is 0 Å². The van der Waals surface area contributed by atoms with E-state index in [0.717, 1.165) is 24.6 Å². The molecule has 1 amide bonds. The Hall–Kier alpha value is -1.30. The summed E-state index contributed by atoms with van der Waals surface area (Å²) in [6.45, 7) is 1.68. The molecule has 110 valence electrons. The predicted molar refractivity (Wildman–Crippen MR) is 86.7 cm³/mol. The lowest BCUT2D eigenvalue weighted by atomic mass is 10.2. The lowest BCUT2D eigenvalue weighted by Crippen LogP contribution is -2.37. The summed E-state index contributed by atoms with van der Waals surface area (Å²) in [5.74, 6) is -0.125. The van der Waals surface area contributed by atoms with Gasteiger partial charge in [0, 0.05) is 36.3 Å².